The van der Waals surface area contributed by atoms with Crippen LogP contribution in [0.2, 0.25) is 0 Å². The Morgan fingerprint density at radius 3 is 2.60 bits per heavy atom. The fraction of sp³-hybridized carbons (Fsp3) is 0.333. The van der Waals surface area contributed by atoms with E-state index in [-0.39, 0.29) is 0 Å². The number of esters is 1. The number of anilines is 1. The fourth-order valence-electron chi connectivity index (χ4n) is 2.69. The number of carbonyl (C=O) groups excluding carboxylic acids is 1. The first-order chi connectivity index (χ1) is 12.2. The number of carbonyl (C=O) groups is 1. The molecule has 4 nitrogen and oxygen atoms in total. The van der Waals surface area contributed by atoms with Crippen LogP contribution in [0.15, 0.2) is 36.4 Å². The number of benzene rings is 1. The zero-order chi connectivity index (χ0) is 18.1. The third-order valence-corrected chi connectivity index (χ3v) is 3.93. The molecular formula is C21H26N2O2. The number of aromatic nitrogens is 1. The van der Waals surface area contributed by atoms with E-state index >= 15 is 0 Å². The highest BCUT2D eigenvalue weighted by atomic mass is 16.5. The third-order valence-electron chi connectivity index (χ3n) is 3.93. The number of ether oxygens (including phenoxy) is 1. The molecule has 0 aliphatic heterocycles. The number of unbranched alkanes of at least 4 members (excludes halogenated alkanes) is 2. The second kappa shape index (κ2) is 9.62. The molecule has 0 unspecified atom stereocenters. The van der Waals surface area contributed by atoms with Crippen LogP contribution in [0.1, 0.15) is 60.3 Å². The van der Waals surface area contributed by atoms with Crippen LogP contribution in [-0.2, 0) is 11.2 Å². The van der Waals surface area contributed by atoms with Crippen LogP contribution in [0.3, 0.4) is 0 Å². The van der Waals surface area contributed by atoms with Crippen molar-refractivity contribution in [1.82, 2.24) is 4.98 Å². The van der Waals surface area contributed by atoms with Gasteiger partial charge < -0.3 is 10.5 Å². The highest BCUT2D eigenvalue weighted by Gasteiger charge is 2.18. The minimum absolute atomic E-state index is 0.318. The van der Waals surface area contributed by atoms with Crippen molar-refractivity contribution in [2.24, 2.45) is 0 Å². The van der Waals surface area contributed by atoms with Crippen molar-refractivity contribution >= 4 is 23.9 Å². The van der Waals surface area contributed by atoms with Gasteiger partial charge in [0.1, 0.15) is 5.82 Å². The van der Waals surface area contributed by atoms with Gasteiger partial charge in [-0.15, -0.1) is 0 Å². The van der Waals surface area contributed by atoms with Gasteiger partial charge >= 0.3 is 5.97 Å². The van der Waals surface area contributed by atoms with Gasteiger partial charge in [0.05, 0.1) is 6.61 Å². The second-order valence-electron chi connectivity index (χ2n) is 5.89. The van der Waals surface area contributed by atoms with Gasteiger partial charge in [-0.2, -0.15) is 0 Å². The molecular weight excluding hydrogens is 312 g/mol. The van der Waals surface area contributed by atoms with Crippen molar-refractivity contribution in [2.45, 2.75) is 39.5 Å². The van der Waals surface area contributed by atoms with Crippen LogP contribution in [0, 0.1) is 0 Å². The van der Waals surface area contributed by atoms with Gasteiger partial charge in [-0.1, -0.05) is 62.2 Å². The molecule has 0 atom stereocenters. The maximum absolute atomic E-state index is 12.3. The molecule has 0 bridgehead atoms. The molecule has 132 valence electrons. The number of rotatable bonds is 8. The van der Waals surface area contributed by atoms with Crippen LogP contribution >= 0.6 is 0 Å². The molecule has 0 fully saturated rings. The molecule has 0 aliphatic carbocycles. The molecule has 0 saturated carbocycles. The Labute approximate surface area is 149 Å². The van der Waals surface area contributed by atoms with E-state index in [4.69, 9.17) is 10.5 Å². The summed E-state index contributed by atoms with van der Waals surface area (Å²) in [6, 6.07) is 11.9. The largest absolute Gasteiger partial charge is 0.461 e. The number of nitrogens with zero attached hydrogens (tertiary/aromatic N) is 1. The van der Waals surface area contributed by atoms with Gasteiger partial charge in [0, 0.05) is 0 Å². The Balaban J connectivity index is 2.41. The average molecular weight is 338 g/mol. The van der Waals surface area contributed by atoms with E-state index in [1.165, 1.54) is 0 Å². The summed E-state index contributed by atoms with van der Waals surface area (Å²) in [4.78, 5) is 16.6. The van der Waals surface area contributed by atoms with Crippen molar-refractivity contribution in [3.8, 4) is 0 Å². The first-order valence-corrected chi connectivity index (χ1v) is 8.85. The lowest BCUT2D eigenvalue weighted by atomic mass is 9.98. The average Bonchev–Trinajstić information content (AvgIpc) is 2.62. The topological polar surface area (TPSA) is 65.2 Å². The van der Waals surface area contributed by atoms with Gasteiger partial charge in [-0.25, -0.2) is 9.78 Å². The second-order valence-corrected chi connectivity index (χ2v) is 5.89. The Kier molecular flexibility index (Phi) is 7.20. The number of nitrogens with two attached hydrogens (primary N) is 1. The molecule has 0 saturated heterocycles. The van der Waals surface area contributed by atoms with E-state index in [2.05, 4.69) is 11.9 Å². The summed E-state index contributed by atoms with van der Waals surface area (Å²) in [6.45, 7) is 4.26. The molecule has 4 heteroatoms. The lowest BCUT2D eigenvalue weighted by Crippen LogP contribution is -2.13. The first kappa shape index (κ1) is 18.7. The molecule has 2 aromatic rings. The lowest BCUT2D eigenvalue weighted by Gasteiger charge is -2.12. The van der Waals surface area contributed by atoms with Gasteiger partial charge in [-0.05, 0) is 42.5 Å². The zero-order valence-corrected chi connectivity index (χ0v) is 15.0. The Hall–Kier alpha value is -2.62. The summed E-state index contributed by atoms with van der Waals surface area (Å²) in [6.07, 6.45) is 8.02. The summed E-state index contributed by atoms with van der Waals surface area (Å²) in [7, 11) is 0. The van der Waals surface area contributed by atoms with E-state index in [9.17, 15) is 4.79 Å². The van der Waals surface area contributed by atoms with E-state index in [0.717, 1.165) is 42.4 Å². The zero-order valence-electron chi connectivity index (χ0n) is 15.0. The standard InChI is InChI=1S/C21H26N2O2/c1-3-5-7-12-18-17(14-13-16-10-8-6-9-11-16)15-19(22)23-20(18)21(24)25-4-2/h6,8-11,13-15H,3-5,7,12H2,1-2H3,(H2,22,23)/b14-13+. The van der Waals surface area contributed by atoms with Crippen LogP contribution < -0.4 is 5.73 Å². The molecule has 0 amide bonds. The molecule has 2 N–H and O–H groups in total. The molecule has 2 rings (SSSR count). The van der Waals surface area contributed by atoms with E-state index < -0.39 is 5.97 Å². The van der Waals surface area contributed by atoms with Crippen molar-refractivity contribution in [3.05, 3.63) is 58.8 Å². The molecule has 0 radical (unpaired) electrons. The highest BCUT2D eigenvalue weighted by molar-refractivity contribution is 5.91. The van der Waals surface area contributed by atoms with Crippen LogP contribution in [0.5, 0.6) is 0 Å². The molecule has 1 aromatic carbocycles. The maximum Gasteiger partial charge on any atom is 0.357 e. The molecule has 0 spiro atoms. The van der Waals surface area contributed by atoms with Crippen molar-refractivity contribution in [1.29, 1.82) is 0 Å². The van der Waals surface area contributed by atoms with E-state index in [0.29, 0.717) is 18.1 Å². The number of nitrogen functional groups attached to an aromatic ring is 1. The predicted molar refractivity (Wildman–Crippen MR) is 103 cm³/mol. The summed E-state index contributed by atoms with van der Waals surface area (Å²) in [5.74, 6) is -0.0781. The van der Waals surface area contributed by atoms with E-state index in [1.807, 2.05) is 48.6 Å². The fourth-order valence-corrected chi connectivity index (χ4v) is 2.69. The van der Waals surface area contributed by atoms with Gasteiger partial charge in [-0.3, -0.25) is 0 Å². The Morgan fingerprint density at radius 1 is 1.16 bits per heavy atom. The monoisotopic (exact) mass is 338 g/mol. The van der Waals surface area contributed by atoms with Crippen molar-refractivity contribution < 1.29 is 9.53 Å². The Morgan fingerprint density at radius 2 is 1.92 bits per heavy atom. The first-order valence-electron chi connectivity index (χ1n) is 8.85. The van der Waals surface area contributed by atoms with Crippen LogP contribution in [-0.4, -0.2) is 17.6 Å². The number of hydrogen-bond donors (Lipinski definition) is 1. The summed E-state index contributed by atoms with van der Waals surface area (Å²) in [5.41, 5.74) is 9.20. The van der Waals surface area contributed by atoms with Gasteiger partial charge in [0.25, 0.3) is 0 Å². The normalized spacial score (nSPS) is 11.0. The summed E-state index contributed by atoms with van der Waals surface area (Å²) < 4.78 is 5.17. The molecule has 25 heavy (non-hydrogen) atoms. The SMILES string of the molecule is CCCCCc1c(/C=C/c2ccccc2)cc(N)nc1C(=O)OCC. The predicted octanol–water partition coefficient (Wildman–Crippen LogP) is 4.74. The minimum Gasteiger partial charge on any atom is -0.461 e. The Bertz CT molecular complexity index is 724. The van der Waals surface area contributed by atoms with Crippen LogP contribution in [0.25, 0.3) is 12.2 Å². The smallest absolute Gasteiger partial charge is 0.357 e. The molecule has 0 aliphatic rings. The maximum atomic E-state index is 12.3. The van der Waals surface area contributed by atoms with Crippen molar-refractivity contribution in [2.75, 3.05) is 12.3 Å². The van der Waals surface area contributed by atoms with E-state index in [1.54, 1.807) is 6.92 Å². The number of pyridine rings is 1. The summed E-state index contributed by atoms with van der Waals surface area (Å²) in [5, 5.41) is 0. The van der Waals surface area contributed by atoms with Gasteiger partial charge in [0.2, 0.25) is 0 Å². The van der Waals surface area contributed by atoms with Crippen molar-refractivity contribution in [3.63, 3.8) is 0 Å². The summed E-state index contributed by atoms with van der Waals surface area (Å²) >= 11 is 0. The lowest BCUT2D eigenvalue weighted by molar-refractivity contribution is 0.0518. The van der Waals surface area contributed by atoms with Gasteiger partial charge in [0.15, 0.2) is 5.69 Å². The highest BCUT2D eigenvalue weighted by Crippen LogP contribution is 2.22. The number of hydrogen-bond acceptors (Lipinski definition) is 4. The third kappa shape index (κ3) is 5.45. The van der Waals surface area contributed by atoms with Crippen LogP contribution in [0.4, 0.5) is 5.82 Å². The molecule has 1 heterocycles. The quantitative estimate of drug-likeness (QED) is 0.557. The molecule has 1 aromatic heterocycles. The minimum atomic E-state index is -0.407.